The van der Waals surface area contributed by atoms with E-state index in [1.807, 2.05) is 20.8 Å². The van der Waals surface area contributed by atoms with Crippen molar-refractivity contribution in [3.63, 3.8) is 0 Å². The SMILES string of the molecule is CC(C)(C)OC(=O)C12CCOCC1CNC2. The van der Waals surface area contributed by atoms with Gasteiger partial charge in [-0.05, 0) is 27.2 Å². The van der Waals surface area contributed by atoms with Crippen molar-refractivity contribution in [2.24, 2.45) is 11.3 Å². The molecule has 2 fully saturated rings. The number of rotatable bonds is 1. The Kier molecular flexibility index (Phi) is 2.97. The highest BCUT2D eigenvalue weighted by molar-refractivity contribution is 5.78. The maximum absolute atomic E-state index is 12.3. The maximum atomic E-state index is 12.3. The Hall–Kier alpha value is -0.610. The van der Waals surface area contributed by atoms with Gasteiger partial charge in [-0.15, -0.1) is 0 Å². The van der Waals surface area contributed by atoms with Gasteiger partial charge in [0.25, 0.3) is 0 Å². The van der Waals surface area contributed by atoms with Crippen LogP contribution in [-0.4, -0.2) is 37.9 Å². The number of esters is 1. The zero-order valence-corrected chi connectivity index (χ0v) is 10.3. The summed E-state index contributed by atoms with van der Waals surface area (Å²) < 4.78 is 11.0. The summed E-state index contributed by atoms with van der Waals surface area (Å²) in [4.78, 5) is 12.3. The van der Waals surface area contributed by atoms with Gasteiger partial charge in [0.2, 0.25) is 0 Å². The van der Waals surface area contributed by atoms with Gasteiger partial charge in [-0.25, -0.2) is 0 Å². The van der Waals surface area contributed by atoms with Gasteiger partial charge in [0, 0.05) is 25.6 Å². The standard InChI is InChI=1S/C12H21NO3/c1-11(2,3)16-10(14)12-4-5-15-7-9(12)6-13-8-12/h9,13H,4-8H2,1-3H3. The molecule has 0 aliphatic carbocycles. The molecule has 92 valence electrons. The maximum Gasteiger partial charge on any atom is 0.314 e. The van der Waals surface area contributed by atoms with E-state index >= 15 is 0 Å². The minimum Gasteiger partial charge on any atom is -0.459 e. The molecule has 1 N–H and O–H groups in total. The topological polar surface area (TPSA) is 47.6 Å². The van der Waals surface area contributed by atoms with Crippen molar-refractivity contribution >= 4 is 5.97 Å². The van der Waals surface area contributed by atoms with Crippen LogP contribution in [0.3, 0.4) is 0 Å². The number of hydrogen-bond donors (Lipinski definition) is 1. The second-order valence-corrected chi connectivity index (χ2v) is 5.81. The van der Waals surface area contributed by atoms with Gasteiger partial charge < -0.3 is 14.8 Å². The van der Waals surface area contributed by atoms with Gasteiger partial charge in [-0.1, -0.05) is 0 Å². The van der Waals surface area contributed by atoms with Crippen LogP contribution in [0.4, 0.5) is 0 Å². The third kappa shape index (κ3) is 2.09. The first kappa shape index (κ1) is 11.9. The number of fused-ring (bicyclic) bond motifs is 1. The van der Waals surface area contributed by atoms with Crippen LogP contribution in [0.5, 0.6) is 0 Å². The summed E-state index contributed by atoms with van der Waals surface area (Å²) in [7, 11) is 0. The summed E-state index contributed by atoms with van der Waals surface area (Å²) in [6.45, 7) is 8.67. The number of hydrogen-bond acceptors (Lipinski definition) is 4. The first-order valence-electron chi connectivity index (χ1n) is 5.96. The van der Waals surface area contributed by atoms with Crippen LogP contribution in [-0.2, 0) is 14.3 Å². The molecular formula is C12H21NO3. The van der Waals surface area contributed by atoms with Crippen LogP contribution in [0.25, 0.3) is 0 Å². The largest absolute Gasteiger partial charge is 0.459 e. The summed E-state index contributed by atoms with van der Waals surface area (Å²) in [5, 5.41) is 3.29. The first-order valence-corrected chi connectivity index (χ1v) is 5.96. The molecule has 0 amide bonds. The van der Waals surface area contributed by atoms with E-state index in [-0.39, 0.29) is 17.3 Å². The second-order valence-electron chi connectivity index (χ2n) is 5.81. The van der Waals surface area contributed by atoms with E-state index in [1.165, 1.54) is 0 Å². The Morgan fingerprint density at radius 2 is 2.25 bits per heavy atom. The molecule has 16 heavy (non-hydrogen) atoms. The van der Waals surface area contributed by atoms with Gasteiger partial charge >= 0.3 is 5.97 Å². The van der Waals surface area contributed by atoms with Gasteiger partial charge in [-0.2, -0.15) is 0 Å². The third-order valence-electron chi connectivity index (χ3n) is 3.43. The molecule has 2 aliphatic rings. The molecular weight excluding hydrogens is 206 g/mol. The third-order valence-corrected chi connectivity index (χ3v) is 3.43. The molecule has 2 atom stereocenters. The molecule has 2 aliphatic heterocycles. The molecule has 2 rings (SSSR count). The van der Waals surface area contributed by atoms with Crippen molar-refractivity contribution < 1.29 is 14.3 Å². The van der Waals surface area contributed by atoms with E-state index in [4.69, 9.17) is 9.47 Å². The minimum absolute atomic E-state index is 0.0571. The zero-order valence-electron chi connectivity index (χ0n) is 10.3. The van der Waals surface area contributed by atoms with Crippen molar-refractivity contribution in [1.29, 1.82) is 0 Å². The fourth-order valence-electron chi connectivity index (χ4n) is 2.52. The monoisotopic (exact) mass is 227 g/mol. The van der Waals surface area contributed by atoms with E-state index in [0.29, 0.717) is 13.2 Å². The Morgan fingerprint density at radius 3 is 2.94 bits per heavy atom. The van der Waals surface area contributed by atoms with Gasteiger partial charge in [-0.3, -0.25) is 4.79 Å². The average molecular weight is 227 g/mol. The molecule has 0 saturated carbocycles. The molecule has 4 nitrogen and oxygen atoms in total. The summed E-state index contributed by atoms with van der Waals surface area (Å²) in [6, 6.07) is 0. The Balaban J connectivity index is 2.13. The summed E-state index contributed by atoms with van der Waals surface area (Å²) in [6.07, 6.45) is 0.777. The quantitative estimate of drug-likeness (QED) is 0.678. The van der Waals surface area contributed by atoms with Gasteiger partial charge in [0.05, 0.1) is 12.0 Å². The minimum atomic E-state index is -0.405. The predicted molar refractivity (Wildman–Crippen MR) is 60.1 cm³/mol. The smallest absolute Gasteiger partial charge is 0.314 e. The number of ether oxygens (including phenoxy) is 2. The lowest BCUT2D eigenvalue weighted by molar-refractivity contribution is -0.175. The molecule has 2 unspecified atom stereocenters. The lowest BCUT2D eigenvalue weighted by Crippen LogP contribution is -2.47. The van der Waals surface area contributed by atoms with Gasteiger partial charge in [0.15, 0.2) is 0 Å². The van der Waals surface area contributed by atoms with Crippen molar-refractivity contribution in [3.05, 3.63) is 0 Å². The van der Waals surface area contributed by atoms with Crippen LogP contribution in [0.1, 0.15) is 27.2 Å². The molecule has 0 bridgehead atoms. The Morgan fingerprint density at radius 1 is 1.50 bits per heavy atom. The van der Waals surface area contributed by atoms with Gasteiger partial charge in [0.1, 0.15) is 5.60 Å². The Bertz CT molecular complexity index is 284. The highest BCUT2D eigenvalue weighted by Crippen LogP contribution is 2.40. The van der Waals surface area contributed by atoms with Crippen LogP contribution in [0.15, 0.2) is 0 Å². The molecule has 0 aromatic rings. The second kappa shape index (κ2) is 4.00. The molecule has 0 aromatic carbocycles. The first-order chi connectivity index (χ1) is 7.44. The van der Waals surface area contributed by atoms with E-state index < -0.39 is 5.60 Å². The molecule has 2 heterocycles. The van der Waals surface area contributed by atoms with E-state index in [0.717, 1.165) is 19.5 Å². The van der Waals surface area contributed by atoms with Crippen LogP contribution in [0, 0.1) is 11.3 Å². The Labute approximate surface area is 96.7 Å². The number of carbonyl (C=O) groups is 1. The predicted octanol–water partition coefficient (Wildman–Crippen LogP) is 0.954. The molecule has 0 spiro atoms. The zero-order chi connectivity index (χ0) is 11.8. The normalized spacial score (nSPS) is 34.6. The lowest BCUT2D eigenvalue weighted by atomic mass is 9.74. The lowest BCUT2D eigenvalue weighted by Gasteiger charge is -2.38. The van der Waals surface area contributed by atoms with Crippen molar-refractivity contribution in [1.82, 2.24) is 5.32 Å². The van der Waals surface area contributed by atoms with Crippen LogP contribution < -0.4 is 5.32 Å². The average Bonchev–Trinajstić information content (AvgIpc) is 2.59. The van der Waals surface area contributed by atoms with E-state index in [9.17, 15) is 4.79 Å². The fraction of sp³-hybridized carbons (Fsp3) is 0.917. The summed E-state index contributed by atoms with van der Waals surface area (Å²) >= 11 is 0. The van der Waals surface area contributed by atoms with E-state index in [2.05, 4.69) is 5.32 Å². The summed E-state index contributed by atoms with van der Waals surface area (Å²) in [5.74, 6) is 0.217. The highest BCUT2D eigenvalue weighted by Gasteiger charge is 2.52. The van der Waals surface area contributed by atoms with Crippen molar-refractivity contribution in [2.45, 2.75) is 32.8 Å². The van der Waals surface area contributed by atoms with E-state index in [1.54, 1.807) is 0 Å². The van der Waals surface area contributed by atoms with Crippen molar-refractivity contribution in [3.8, 4) is 0 Å². The molecule has 2 saturated heterocycles. The molecule has 0 radical (unpaired) electrons. The molecule has 0 aromatic heterocycles. The van der Waals surface area contributed by atoms with Crippen LogP contribution >= 0.6 is 0 Å². The number of carbonyl (C=O) groups excluding carboxylic acids is 1. The van der Waals surface area contributed by atoms with Crippen molar-refractivity contribution in [2.75, 3.05) is 26.3 Å². The highest BCUT2D eigenvalue weighted by atomic mass is 16.6. The van der Waals surface area contributed by atoms with Crippen LogP contribution in [0.2, 0.25) is 0 Å². The fourth-order valence-corrected chi connectivity index (χ4v) is 2.52. The number of nitrogens with one attached hydrogen (secondary N) is 1. The summed E-state index contributed by atoms with van der Waals surface area (Å²) in [5.41, 5.74) is -0.747. The molecule has 4 heteroatoms.